The quantitative estimate of drug-likeness (QED) is 0.864. The van der Waals surface area contributed by atoms with Crippen LogP contribution in [0.15, 0.2) is 24.3 Å². The molecule has 1 heterocycles. The second-order valence-electron chi connectivity index (χ2n) is 7.40. The van der Waals surface area contributed by atoms with Crippen LogP contribution in [0.3, 0.4) is 0 Å². The molecule has 0 atom stereocenters. The Morgan fingerprint density at radius 2 is 1.73 bits per heavy atom. The van der Waals surface area contributed by atoms with Crippen LogP contribution in [0.25, 0.3) is 0 Å². The van der Waals surface area contributed by atoms with Crippen LogP contribution < -0.4 is 10.6 Å². The van der Waals surface area contributed by atoms with Crippen molar-refractivity contribution in [1.29, 1.82) is 0 Å². The van der Waals surface area contributed by atoms with Gasteiger partial charge in [0.2, 0.25) is 0 Å². The number of rotatable bonds is 4. The summed E-state index contributed by atoms with van der Waals surface area (Å²) in [4.78, 5) is 26.1. The zero-order chi connectivity index (χ0) is 18.4. The zero-order valence-electron chi connectivity index (χ0n) is 15.2. The first-order valence-corrected chi connectivity index (χ1v) is 9.71. The zero-order valence-corrected chi connectivity index (χ0v) is 15.2. The first-order chi connectivity index (χ1) is 12.6. The van der Waals surface area contributed by atoms with Gasteiger partial charge in [0.1, 0.15) is 5.82 Å². The van der Waals surface area contributed by atoms with Crippen molar-refractivity contribution in [2.24, 2.45) is 5.92 Å². The molecule has 1 saturated carbocycles. The summed E-state index contributed by atoms with van der Waals surface area (Å²) in [6.45, 7) is 1.83. The molecule has 2 fully saturated rings. The van der Waals surface area contributed by atoms with Crippen molar-refractivity contribution in [2.75, 3.05) is 19.6 Å². The highest BCUT2D eigenvalue weighted by molar-refractivity contribution is 5.94. The average Bonchev–Trinajstić information content (AvgIpc) is 2.67. The molecule has 1 aliphatic heterocycles. The molecule has 5 nitrogen and oxygen atoms in total. The van der Waals surface area contributed by atoms with Gasteiger partial charge in [-0.2, -0.15) is 0 Å². The fraction of sp³-hybridized carbons (Fsp3) is 0.600. The molecule has 1 saturated heterocycles. The number of carbonyl (C=O) groups excluding carboxylic acids is 2. The molecule has 0 aromatic heterocycles. The van der Waals surface area contributed by atoms with Gasteiger partial charge in [-0.3, -0.25) is 4.79 Å². The van der Waals surface area contributed by atoms with Crippen molar-refractivity contribution in [3.63, 3.8) is 0 Å². The number of benzene rings is 1. The van der Waals surface area contributed by atoms with Crippen molar-refractivity contribution >= 4 is 11.9 Å². The van der Waals surface area contributed by atoms with E-state index in [-0.39, 0.29) is 17.5 Å². The van der Waals surface area contributed by atoms with Gasteiger partial charge in [0.05, 0.1) is 5.56 Å². The number of amides is 3. The fourth-order valence-electron chi connectivity index (χ4n) is 3.87. The maximum absolute atomic E-state index is 13.8. The molecular formula is C20H28FN3O2. The molecule has 2 N–H and O–H groups in total. The predicted octanol–water partition coefficient (Wildman–Crippen LogP) is 3.31. The van der Waals surface area contributed by atoms with Crippen LogP contribution in [0.4, 0.5) is 9.18 Å². The van der Waals surface area contributed by atoms with Crippen LogP contribution in [0, 0.1) is 11.7 Å². The molecule has 142 valence electrons. The smallest absolute Gasteiger partial charge is 0.315 e. The van der Waals surface area contributed by atoms with E-state index in [1.54, 1.807) is 17.0 Å². The van der Waals surface area contributed by atoms with Crippen LogP contribution in [-0.4, -0.2) is 42.5 Å². The lowest BCUT2D eigenvalue weighted by Gasteiger charge is -2.32. The molecule has 1 aromatic rings. The highest BCUT2D eigenvalue weighted by Gasteiger charge is 2.25. The minimum absolute atomic E-state index is 0.0817. The van der Waals surface area contributed by atoms with Crippen molar-refractivity contribution in [1.82, 2.24) is 15.5 Å². The van der Waals surface area contributed by atoms with Crippen molar-refractivity contribution < 1.29 is 14.0 Å². The minimum Gasteiger partial charge on any atom is -0.339 e. The van der Waals surface area contributed by atoms with Crippen LogP contribution in [0.5, 0.6) is 0 Å². The largest absolute Gasteiger partial charge is 0.339 e. The Morgan fingerprint density at radius 3 is 2.42 bits per heavy atom. The molecule has 26 heavy (non-hydrogen) atoms. The molecule has 3 rings (SSSR count). The van der Waals surface area contributed by atoms with E-state index in [0.717, 1.165) is 25.7 Å². The minimum atomic E-state index is -0.472. The van der Waals surface area contributed by atoms with E-state index in [2.05, 4.69) is 10.6 Å². The Kier molecular flexibility index (Phi) is 6.47. The third-order valence-corrected chi connectivity index (χ3v) is 5.50. The number of nitrogens with zero attached hydrogens (tertiary/aromatic N) is 1. The standard InChI is InChI=1S/C20H28FN3O2/c21-18-9-5-4-8-17(18)19(25)24-12-10-15(11-13-24)14-22-20(26)23-16-6-2-1-3-7-16/h4-5,8-9,15-16H,1-3,6-7,10-14H2,(H2,22,23,26). The lowest BCUT2D eigenvalue weighted by atomic mass is 9.95. The highest BCUT2D eigenvalue weighted by Crippen LogP contribution is 2.20. The van der Waals surface area contributed by atoms with E-state index in [1.165, 1.54) is 31.4 Å². The van der Waals surface area contributed by atoms with Crippen LogP contribution in [-0.2, 0) is 0 Å². The summed E-state index contributed by atoms with van der Waals surface area (Å²) in [5.41, 5.74) is 0.135. The number of urea groups is 1. The maximum Gasteiger partial charge on any atom is 0.315 e. The van der Waals surface area contributed by atoms with Crippen LogP contribution in [0.1, 0.15) is 55.3 Å². The van der Waals surface area contributed by atoms with E-state index in [4.69, 9.17) is 0 Å². The maximum atomic E-state index is 13.8. The van der Waals surface area contributed by atoms with E-state index in [0.29, 0.717) is 31.6 Å². The number of piperidine rings is 1. The first-order valence-electron chi connectivity index (χ1n) is 9.71. The topological polar surface area (TPSA) is 61.4 Å². The van der Waals surface area contributed by atoms with E-state index < -0.39 is 5.82 Å². The Balaban J connectivity index is 1.39. The molecule has 6 heteroatoms. The number of likely N-dealkylation sites (tertiary alicyclic amines) is 1. The van der Waals surface area contributed by atoms with E-state index >= 15 is 0 Å². The van der Waals surface area contributed by atoms with E-state index in [1.807, 2.05) is 0 Å². The Morgan fingerprint density at radius 1 is 1.04 bits per heavy atom. The normalized spacial score (nSPS) is 19.2. The number of nitrogens with one attached hydrogen (secondary N) is 2. The molecule has 0 radical (unpaired) electrons. The predicted molar refractivity (Wildman–Crippen MR) is 98.4 cm³/mol. The highest BCUT2D eigenvalue weighted by atomic mass is 19.1. The summed E-state index contributed by atoms with van der Waals surface area (Å²) < 4.78 is 13.8. The van der Waals surface area contributed by atoms with Gasteiger partial charge in [0, 0.05) is 25.7 Å². The van der Waals surface area contributed by atoms with Crippen molar-refractivity contribution in [2.45, 2.75) is 51.0 Å². The van der Waals surface area contributed by atoms with Gasteiger partial charge in [-0.25, -0.2) is 9.18 Å². The summed E-state index contributed by atoms with van der Waals surface area (Å²) >= 11 is 0. The number of hydrogen-bond donors (Lipinski definition) is 2. The van der Waals surface area contributed by atoms with Gasteiger partial charge in [-0.05, 0) is 43.7 Å². The van der Waals surface area contributed by atoms with Gasteiger partial charge in [0.25, 0.3) is 5.91 Å². The van der Waals surface area contributed by atoms with E-state index in [9.17, 15) is 14.0 Å². The molecule has 2 aliphatic rings. The molecule has 0 bridgehead atoms. The molecule has 3 amide bonds. The molecule has 0 unspecified atom stereocenters. The molecular weight excluding hydrogens is 333 g/mol. The lowest BCUT2D eigenvalue weighted by molar-refractivity contribution is 0.0685. The molecule has 1 aromatic carbocycles. The molecule has 1 aliphatic carbocycles. The van der Waals surface area contributed by atoms with Crippen LogP contribution in [0.2, 0.25) is 0 Å². The Bertz CT molecular complexity index is 623. The second kappa shape index (κ2) is 9.01. The fourth-order valence-corrected chi connectivity index (χ4v) is 3.87. The summed E-state index contributed by atoms with van der Waals surface area (Å²) in [6.07, 6.45) is 7.45. The summed E-state index contributed by atoms with van der Waals surface area (Å²) in [5, 5.41) is 6.03. The van der Waals surface area contributed by atoms with Gasteiger partial charge in [0.15, 0.2) is 0 Å². The summed E-state index contributed by atoms with van der Waals surface area (Å²) in [5.74, 6) is -0.359. The van der Waals surface area contributed by atoms with Crippen LogP contribution >= 0.6 is 0 Å². The van der Waals surface area contributed by atoms with Gasteiger partial charge in [-0.15, -0.1) is 0 Å². The first kappa shape index (κ1) is 18.7. The Labute approximate surface area is 154 Å². The van der Waals surface area contributed by atoms with Gasteiger partial charge >= 0.3 is 6.03 Å². The van der Waals surface area contributed by atoms with Gasteiger partial charge < -0.3 is 15.5 Å². The third-order valence-electron chi connectivity index (χ3n) is 5.50. The second-order valence-corrected chi connectivity index (χ2v) is 7.40. The van der Waals surface area contributed by atoms with Crippen molar-refractivity contribution in [3.05, 3.63) is 35.6 Å². The monoisotopic (exact) mass is 361 g/mol. The van der Waals surface area contributed by atoms with Crippen molar-refractivity contribution in [3.8, 4) is 0 Å². The summed E-state index contributed by atoms with van der Waals surface area (Å²) in [7, 11) is 0. The summed E-state index contributed by atoms with van der Waals surface area (Å²) in [6, 6.07) is 6.33. The Hall–Kier alpha value is -2.11. The number of halogens is 1. The number of hydrogen-bond acceptors (Lipinski definition) is 2. The van der Waals surface area contributed by atoms with Gasteiger partial charge in [-0.1, -0.05) is 31.4 Å². The number of carbonyl (C=O) groups is 2. The lowest BCUT2D eigenvalue weighted by Crippen LogP contribution is -2.46. The average molecular weight is 361 g/mol. The SMILES string of the molecule is O=C(NCC1CCN(C(=O)c2ccccc2F)CC1)NC1CCCCC1. The molecule has 0 spiro atoms. The third kappa shape index (κ3) is 4.96.